The molecule has 1 aliphatic rings. The maximum atomic E-state index is 5.83. The Morgan fingerprint density at radius 3 is 2.42 bits per heavy atom. The van der Waals surface area contributed by atoms with E-state index in [-0.39, 0.29) is 0 Å². The molecule has 1 fully saturated rings. The van der Waals surface area contributed by atoms with Crippen LogP contribution in [0.15, 0.2) is 0 Å². The molecule has 138 valence electrons. The van der Waals surface area contributed by atoms with Gasteiger partial charge in [0.15, 0.2) is 0 Å². The van der Waals surface area contributed by atoms with Crippen LogP contribution in [0.3, 0.4) is 0 Å². The third-order valence-corrected chi connectivity index (χ3v) is 4.67. The van der Waals surface area contributed by atoms with Crippen molar-refractivity contribution in [2.75, 3.05) is 26.7 Å². The van der Waals surface area contributed by atoms with Crippen LogP contribution in [0.25, 0.3) is 0 Å². The first-order chi connectivity index (χ1) is 11.3. The number of morpholine rings is 1. The molecule has 0 spiro atoms. The first kappa shape index (κ1) is 19.2. The number of methoxy groups -OCH3 is 1. The van der Waals surface area contributed by atoms with Crippen LogP contribution in [0.2, 0.25) is 0 Å². The predicted octanol–water partition coefficient (Wildman–Crippen LogP) is 2.14. The molecule has 6 nitrogen and oxygen atoms in total. The Kier molecular flexibility index (Phi) is 6.66. The highest BCUT2D eigenvalue weighted by Crippen LogP contribution is 2.26. The molecular formula is C18H34N4O2. The van der Waals surface area contributed by atoms with Crippen molar-refractivity contribution in [1.82, 2.24) is 20.0 Å². The smallest absolute Gasteiger partial charge is 0.216 e. The van der Waals surface area contributed by atoms with E-state index >= 15 is 0 Å². The third-order valence-electron chi connectivity index (χ3n) is 4.67. The lowest BCUT2D eigenvalue weighted by Crippen LogP contribution is -2.51. The molecule has 1 aromatic heterocycles. The summed E-state index contributed by atoms with van der Waals surface area (Å²) in [6.45, 7) is 14.6. The van der Waals surface area contributed by atoms with Gasteiger partial charge in [-0.15, -0.1) is 0 Å². The van der Waals surface area contributed by atoms with Crippen LogP contribution in [0.5, 0.6) is 5.88 Å². The van der Waals surface area contributed by atoms with Crippen molar-refractivity contribution < 1.29 is 9.47 Å². The number of ether oxygens (including phenoxy) is 2. The zero-order valence-electron chi connectivity index (χ0n) is 16.3. The number of hydrogen-bond acceptors (Lipinski definition) is 5. The summed E-state index contributed by atoms with van der Waals surface area (Å²) in [5, 5.41) is 8.21. The quantitative estimate of drug-likeness (QED) is 0.825. The van der Waals surface area contributed by atoms with Gasteiger partial charge in [0.05, 0.1) is 30.6 Å². The van der Waals surface area contributed by atoms with Gasteiger partial charge >= 0.3 is 0 Å². The molecule has 3 atom stereocenters. The summed E-state index contributed by atoms with van der Waals surface area (Å²) in [6.07, 6.45) is 0.615. The highest BCUT2D eigenvalue weighted by atomic mass is 16.5. The SMILES string of the molecule is COc1c(CNCC(C)N2CC(C)OC(C)C2)c(C(C)C)nn1C. The number of aryl methyl sites for hydroxylation is 1. The number of rotatable bonds is 7. The molecule has 1 N–H and O–H groups in total. The lowest BCUT2D eigenvalue weighted by molar-refractivity contribution is -0.0781. The zero-order chi connectivity index (χ0) is 17.9. The molecule has 0 aromatic carbocycles. The van der Waals surface area contributed by atoms with E-state index in [2.05, 4.69) is 49.9 Å². The van der Waals surface area contributed by atoms with Gasteiger partial charge in [0.1, 0.15) is 0 Å². The Labute approximate surface area is 146 Å². The van der Waals surface area contributed by atoms with Gasteiger partial charge in [-0.3, -0.25) is 4.90 Å². The molecule has 0 aliphatic carbocycles. The van der Waals surface area contributed by atoms with Crippen molar-refractivity contribution in [2.24, 2.45) is 7.05 Å². The molecule has 24 heavy (non-hydrogen) atoms. The van der Waals surface area contributed by atoms with Crippen LogP contribution in [0.1, 0.15) is 51.8 Å². The van der Waals surface area contributed by atoms with E-state index in [1.807, 2.05) is 11.7 Å². The molecule has 0 amide bonds. The van der Waals surface area contributed by atoms with E-state index in [1.54, 1.807) is 7.11 Å². The first-order valence-corrected chi connectivity index (χ1v) is 9.03. The molecule has 2 heterocycles. The normalized spacial score (nSPS) is 23.7. The summed E-state index contributed by atoms with van der Waals surface area (Å²) in [5.74, 6) is 1.24. The molecule has 6 heteroatoms. The van der Waals surface area contributed by atoms with Gasteiger partial charge in [-0.25, -0.2) is 4.68 Å². The van der Waals surface area contributed by atoms with Crippen LogP contribution >= 0.6 is 0 Å². The minimum absolute atomic E-state index is 0.308. The lowest BCUT2D eigenvalue weighted by Gasteiger charge is -2.39. The molecule has 1 aliphatic heterocycles. The van der Waals surface area contributed by atoms with Crippen molar-refractivity contribution in [2.45, 2.75) is 65.3 Å². The fourth-order valence-electron chi connectivity index (χ4n) is 3.57. The average molecular weight is 338 g/mol. The number of hydrogen-bond donors (Lipinski definition) is 1. The van der Waals surface area contributed by atoms with E-state index in [0.29, 0.717) is 24.2 Å². The Bertz CT molecular complexity index is 519. The van der Waals surface area contributed by atoms with E-state index in [0.717, 1.165) is 37.8 Å². The largest absolute Gasteiger partial charge is 0.481 e. The molecule has 1 aromatic rings. The standard InChI is InChI=1S/C18H34N4O2/c1-12(2)17-16(18(23-7)21(6)20-17)9-19-8-13(3)22-10-14(4)24-15(5)11-22/h12-15,19H,8-11H2,1-7H3. The Hall–Kier alpha value is -1.11. The van der Waals surface area contributed by atoms with Crippen LogP contribution in [-0.2, 0) is 18.3 Å². The fraction of sp³-hybridized carbons (Fsp3) is 0.833. The number of nitrogens with one attached hydrogen (secondary N) is 1. The summed E-state index contributed by atoms with van der Waals surface area (Å²) in [4.78, 5) is 2.51. The average Bonchev–Trinajstić information content (AvgIpc) is 2.82. The molecule has 2 rings (SSSR count). The van der Waals surface area contributed by atoms with Gasteiger partial charge in [0, 0.05) is 39.3 Å². The van der Waals surface area contributed by atoms with Gasteiger partial charge in [-0.05, 0) is 26.7 Å². The topological polar surface area (TPSA) is 51.6 Å². The van der Waals surface area contributed by atoms with Gasteiger partial charge in [-0.2, -0.15) is 5.10 Å². The van der Waals surface area contributed by atoms with E-state index in [9.17, 15) is 0 Å². The molecule has 1 saturated heterocycles. The second kappa shape index (κ2) is 8.32. The summed E-state index contributed by atoms with van der Waals surface area (Å²) in [7, 11) is 3.65. The second-order valence-electron chi connectivity index (χ2n) is 7.34. The van der Waals surface area contributed by atoms with Crippen LogP contribution in [0, 0.1) is 0 Å². The van der Waals surface area contributed by atoms with Gasteiger partial charge in [0.25, 0.3) is 0 Å². The second-order valence-corrected chi connectivity index (χ2v) is 7.34. The molecule has 0 bridgehead atoms. The number of aromatic nitrogens is 2. The van der Waals surface area contributed by atoms with Gasteiger partial charge in [-0.1, -0.05) is 13.8 Å². The van der Waals surface area contributed by atoms with Crippen molar-refractivity contribution >= 4 is 0 Å². The minimum Gasteiger partial charge on any atom is -0.481 e. The summed E-state index contributed by atoms with van der Waals surface area (Å²) in [6, 6.07) is 0.476. The Morgan fingerprint density at radius 2 is 1.88 bits per heavy atom. The maximum absolute atomic E-state index is 5.83. The van der Waals surface area contributed by atoms with Gasteiger partial charge < -0.3 is 14.8 Å². The predicted molar refractivity (Wildman–Crippen MR) is 96.6 cm³/mol. The molecule has 0 radical (unpaired) electrons. The van der Waals surface area contributed by atoms with Crippen LogP contribution in [-0.4, -0.2) is 59.7 Å². The van der Waals surface area contributed by atoms with Crippen molar-refractivity contribution in [3.8, 4) is 5.88 Å². The maximum Gasteiger partial charge on any atom is 0.216 e. The summed E-state index contributed by atoms with van der Waals surface area (Å²) < 4.78 is 13.2. The van der Waals surface area contributed by atoms with Crippen LogP contribution in [0.4, 0.5) is 0 Å². The third kappa shape index (κ3) is 4.49. The minimum atomic E-state index is 0.308. The van der Waals surface area contributed by atoms with E-state index in [1.165, 1.54) is 5.56 Å². The lowest BCUT2D eigenvalue weighted by atomic mass is 10.1. The van der Waals surface area contributed by atoms with E-state index in [4.69, 9.17) is 9.47 Å². The molecule has 0 saturated carbocycles. The first-order valence-electron chi connectivity index (χ1n) is 9.03. The van der Waals surface area contributed by atoms with Crippen molar-refractivity contribution in [3.63, 3.8) is 0 Å². The number of nitrogens with zero attached hydrogens (tertiary/aromatic N) is 3. The fourth-order valence-corrected chi connectivity index (χ4v) is 3.57. The van der Waals surface area contributed by atoms with Gasteiger partial charge in [0.2, 0.25) is 5.88 Å². The van der Waals surface area contributed by atoms with E-state index < -0.39 is 0 Å². The Balaban J connectivity index is 1.94. The monoisotopic (exact) mass is 338 g/mol. The van der Waals surface area contributed by atoms with Crippen LogP contribution < -0.4 is 10.1 Å². The van der Waals surface area contributed by atoms with Crippen molar-refractivity contribution in [1.29, 1.82) is 0 Å². The zero-order valence-corrected chi connectivity index (χ0v) is 16.3. The highest BCUT2D eigenvalue weighted by molar-refractivity contribution is 5.33. The van der Waals surface area contributed by atoms with Crippen molar-refractivity contribution in [3.05, 3.63) is 11.3 Å². The Morgan fingerprint density at radius 1 is 1.25 bits per heavy atom. The summed E-state index contributed by atoms with van der Waals surface area (Å²) in [5.41, 5.74) is 2.29. The molecule has 3 unspecified atom stereocenters. The highest BCUT2D eigenvalue weighted by Gasteiger charge is 2.26. The summed E-state index contributed by atoms with van der Waals surface area (Å²) >= 11 is 0. The molecular weight excluding hydrogens is 304 g/mol.